The zero-order valence-electron chi connectivity index (χ0n) is 14.9. The van der Waals surface area contributed by atoms with E-state index in [4.69, 9.17) is 5.73 Å². The number of hydrogen-bond acceptors (Lipinski definition) is 3. The first-order valence-electron chi connectivity index (χ1n) is 8.95. The zero-order chi connectivity index (χ0) is 16.8. The van der Waals surface area contributed by atoms with Gasteiger partial charge in [0.25, 0.3) is 0 Å². The molecule has 1 heterocycles. The first kappa shape index (κ1) is 20.0. The Morgan fingerprint density at radius 2 is 1.88 bits per heavy atom. The molecule has 1 saturated carbocycles. The fraction of sp³-hybridized carbons (Fsp3) is 0.526. The van der Waals surface area contributed by atoms with Crippen molar-refractivity contribution < 1.29 is 0 Å². The standard InChI is InChI=1S/C19H29N5.HI/c1-2-9-21-19(20)22-14-16-5-7-18(8-6-16)24-12-10-23(11-13-24)15-17-3-4-17;/h2,5-8,17H,1,3-4,9-15H2,(H3,20,21,22);1H. The lowest BCUT2D eigenvalue weighted by Gasteiger charge is -2.36. The first-order valence-corrected chi connectivity index (χ1v) is 8.95. The molecule has 0 amide bonds. The Morgan fingerprint density at radius 3 is 2.48 bits per heavy atom. The minimum atomic E-state index is 0. The molecule has 0 spiro atoms. The second-order valence-electron chi connectivity index (χ2n) is 6.77. The summed E-state index contributed by atoms with van der Waals surface area (Å²) in [6.45, 7) is 10.8. The van der Waals surface area contributed by atoms with Crippen LogP contribution in [0.1, 0.15) is 18.4 Å². The molecule has 0 radical (unpaired) electrons. The normalized spacial score (nSPS) is 18.6. The van der Waals surface area contributed by atoms with E-state index in [1.807, 2.05) is 0 Å². The zero-order valence-corrected chi connectivity index (χ0v) is 17.2. The Labute approximate surface area is 168 Å². The maximum Gasteiger partial charge on any atom is 0.189 e. The molecular weight excluding hydrogens is 425 g/mol. The second kappa shape index (κ2) is 10.0. The highest BCUT2D eigenvalue weighted by atomic mass is 127. The summed E-state index contributed by atoms with van der Waals surface area (Å²) in [6, 6.07) is 8.70. The first-order chi connectivity index (χ1) is 11.7. The van der Waals surface area contributed by atoms with Gasteiger partial charge in [0.05, 0.1) is 6.54 Å². The lowest BCUT2D eigenvalue weighted by molar-refractivity contribution is 0.248. The van der Waals surface area contributed by atoms with Crippen LogP contribution in [0.3, 0.4) is 0 Å². The lowest BCUT2D eigenvalue weighted by atomic mass is 10.1. The molecule has 0 atom stereocenters. The highest BCUT2D eigenvalue weighted by molar-refractivity contribution is 14.0. The Hall–Kier alpha value is -1.28. The van der Waals surface area contributed by atoms with Crippen LogP contribution >= 0.6 is 24.0 Å². The summed E-state index contributed by atoms with van der Waals surface area (Å²) >= 11 is 0. The molecule has 0 bridgehead atoms. The minimum absolute atomic E-state index is 0. The number of nitrogens with two attached hydrogens (primary N) is 1. The Bertz CT molecular complexity index is 560. The van der Waals surface area contributed by atoms with Gasteiger partial charge in [-0.25, -0.2) is 4.99 Å². The molecule has 1 aromatic rings. The third-order valence-corrected chi connectivity index (χ3v) is 4.75. The van der Waals surface area contributed by atoms with Crippen molar-refractivity contribution in [3.05, 3.63) is 42.5 Å². The number of nitrogens with zero attached hydrogens (tertiary/aromatic N) is 3. The van der Waals surface area contributed by atoms with Crippen molar-refractivity contribution in [3.8, 4) is 0 Å². The van der Waals surface area contributed by atoms with E-state index >= 15 is 0 Å². The average Bonchev–Trinajstić information content (AvgIpc) is 3.43. The van der Waals surface area contributed by atoms with Crippen LogP contribution in [0.4, 0.5) is 5.69 Å². The van der Waals surface area contributed by atoms with Crippen molar-refractivity contribution in [3.63, 3.8) is 0 Å². The molecule has 25 heavy (non-hydrogen) atoms. The number of anilines is 1. The average molecular weight is 455 g/mol. The lowest BCUT2D eigenvalue weighted by Crippen LogP contribution is -2.47. The Kier molecular flexibility index (Phi) is 8.02. The van der Waals surface area contributed by atoms with E-state index in [1.165, 1.54) is 43.7 Å². The molecule has 2 fully saturated rings. The molecule has 1 aliphatic carbocycles. The van der Waals surface area contributed by atoms with Gasteiger partial charge in [-0.2, -0.15) is 0 Å². The minimum Gasteiger partial charge on any atom is -0.370 e. The summed E-state index contributed by atoms with van der Waals surface area (Å²) in [5.74, 6) is 1.45. The highest BCUT2D eigenvalue weighted by Gasteiger charge is 2.26. The van der Waals surface area contributed by atoms with E-state index < -0.39 is 0 Å². The molecule has 1 aliphatic heterocycles. The Balaban J connectivity index is 0.00000225. The number of guanidine groups is 1. The van der Waals surface area contributed by atoms with Crippen LogP contribution in [-0.4, -0.2) is 50.1 Å². The number of rotatable bonds is 7. The number of piperazine rings is 1. The SMILES string of the molecule is C=CCNC(N)=NCc1ccc(N2CCN(CC3CC3)CC2)cc1.I. The fourth-order valence-corrected chi connectivity index (χ4v) is 3.08. The van der Waals surface area contributed by atoms with Gasteiger partial charge in [-0.05, 0) is 36.5 Å². The molecule has 3 rings (SSSR count). The van der Waals surface area contributed by atoms with Gasteiger partial charge in [-0.15, -0.1) is 30.6 Å². The molecule has 2 aliphatic rings. The van der Waals surface area contributed by atoms with Gasteiger partial charge in [-0.1, -0.05) is 18.2 Å². The van der Waals surface area contributed by atoms with Gasteiger partial charge in [0.2, 0.25) is 0 Å². The molecular formula is C19H30IN5. The number of aliphatic imine (C=N–C) groups is 1. The summed E-state index contributed by atoms with van der Waals surface area (Å²) in [5, 5.41) is 2.98. The topological polar surface area (TPSA) is 56.9 Å². The maximum absolute atomic E-state index is 5.78. The van der Waals surface area contributed by atoms with Crippen molar-refractivity contribution in [2.24, 2.45) is 16.6 Å². The third-order valence-electron chi connectivity index (χ3n) is 4.75. The van der Waals surface area contributed by atoms with E-state index in [9.17, 15) is 0 Å². The molecule has 138 valence electrons. The predicted molar refractivity (Wildman–Crippen MR) is 117 cm³/mol. The molecule has 1 saturated heterocycles. The van der Waals surface area contributed by atoms with Crippen LogP contribution in [0.15, 0.2) is 41.9 Å². The second-order valence-corrected chi connectivity index (χ2v) is 6.77. The van der Waals surface area contributed by atoms with Gasteiger partial charge in [0.1, 0.15) is 0 Å². The number of benzene rings is 1. The number of nitrogens with one attached hydrogen (secondary N) is 1. The van der Waals surface area contributed by atoms with E-state index in [-0.39, 0.29) is 24.0 Å². The van der Waals surface area contributed by atoms with Gasteiger partial charge in [0, 0.05) is 45.0 Å². The summed E-state index contributed by atoms with van der Waals surface area (Å²) < 4.78 is 0. The van der Waals surface area contributed by atoms with E-state index in [0.717, 1.165) is 19.0 Å². The van der Waals surface area contributed by atoms with Crippen molar-refractivity contribution in [1.29, 1.82) is 0 Å². The van der Waals surface area contributed by atoms with Gasteiger partial charge in [-0.3, -0.25) is 4.90 Å². The van der Waals surface area contributed by atoms with Crippen molar-refractivity contribution in [2.45, 2.75) is 19.4 Å². The van der Waals surface area contributed by atoms with E-state index in [0.29, 0.717) is 19.0 Å². The predicted octanol–water partition coefficient (Wildman–Crippen LogP) is 2.43. The monoisotopic (exact) mass is 455 g/mol. The summed E-state index contributed by atoms with van der Waals surface area (Å²) in [6.07, 6.45) is 4.65. The van der Waals surface area contributed by atoms with Crippen molar-refractivity contribution in [1.82, 2.24) is 10.2 Å². The summed E-state index contributed by atoms with van der Waals surface area (Å²) in [4.78, 5) is 9.44. The van der Waals surface area contributed by atoms with Crippen LogP contribution in [0.2, 0.25) is 0 Å². The molecule has 5 nitrogen and oxygen atoms in total. The molecule has 0 unspecified atom stereocenters. The Morgan fingerprint density at radius 1 is 1.20 bits per heavy atom. The maximum atomic E-state index is 5.78. The van der Waals surface area contributed by atoms with Crippen LogP contribution in [-0.2, 0) is 6.54 Å². The highest BCUT2D eigenvalue weighted by Crippen LogP contribution is 2.30. The quantitative estimate of drug-likeness (QED) is 0.287. The van der Waals surface area contributed by atoms with Gasteiger partial charge in [0.15, 0.2) is 5.96 Å². The van der Waals surface area contributed by atoms with Gasteiger partial charge < -0.3 is 16.0 Å². The van der Waals surface area contributed by atoms with Crippen LogP contribution in [0.25, 0.3) is 0 Å². The molecule has 1 aromatic carbocycles. The van der Waals surface area contributed by atoms with E-state index in [2.05, 4.69) is 51.0 Å². The van der Waals surface area contributed by atoms with Crippen LogP contribution < -0.4 is 16.0 Å². The van der Waals surface area contributed by atoms with Crippen molar-refractivity contribution in [2.75, 3.05) is 44.2 Å². The van der Waals surface area contributed by atoms with Gasteiger partial charge >= 0.3 is 0 Å². The largest absolute Gasteiger partial charge is 0.370 e. The third kappa shape index (κ3) is 6.51. The molecule has 6 heteroatoms. The van der Waals surface area contributed by atoms with Crippen molar-refractivity contribution >= 4 is 35.6 Å². The number of hydrogen-bond donors (Lipinski definition) is 2. The smallest absolute Gasteiger partial charge is 0.189 e. The summed E-state index contributed by atoms with van der Waals surface area (Å²) in [7, 11) is 0. The van der Waals surface area contributed by atoms with E-state index in [1.54, 1.807) is 6.08 Å². The summed E-state index contributed by atoms with van der Waals surface area (Å²) in [5.41, 5.74) is 8.27. The fourth-order valence-electron chi connectivity index (χ4n) is 3.08. The molecule has 3 N–H and O–H groups in total. The van der Waals surface area contributed by atoms with Crippen LogP contribution in [0, 0.1) is 5.92 Å². The molecule has 0 aromatic heterocycles. The number of halogens is 1. The van der Waals surface area contributed by atoms with Crippen LogP contribution in [0.5, 0.6) is 0 Å².